The first kappa shape index (κ1) is 14.8. The van der Waals surface area contributed by atoms with E-state index in [2.05, 4.69) is 6.92 Å². The molecule has 106 valence electrons. The summed E-state index contributed by atoms with van der Waals surface area (Å²) in [7, 11) is 0. The highest BCUT2D eigenvalue weighted by atomic mass is 35.5. The van der Waals surface area contributed by atoms with Crippen molar-refractivity contribution in [3.05, 3.63) is 34.6 Å². The Hall–Kier alpha value is -0.600. The summed E-state index contributed by atoms with van der Waals surface area (Å²) >= 11 is 5.78. The molecule has 19 heavy (non-hydrogen) atoms. The van der Waals surface area contributed by atoms with Crippen LogP contribution < -0.4 is 0 Å². The Balaban J connectivity index is 1.96. The summed E-state index contributed by atoms with van der Waals surface area (Å²) in [6, 6.07) is 4.73. The molecular weight excluding hydrogens is 263 g/mol. The molecule has 0 atom stereocenters. The Kier molecular flexibility index (Phi) is 4.86. The minimum Gasteiger partial charge on any atom is -0.390 e. The molecule has 0 aromatic heterocycles. The standard InChI is InChI=1S/C16H22ClFO/c1-2-3-12-6-8-16(19,9-7-12)11-13-4-5-15(18)14(17)10-13/h4-5,10,12,19H,2-3,6-9,11H2,1H3. The molecule has 1 aliphatic rings. The minimum atomic E-state index is -0.634. The Morgan fingerprint density at radius 2 is 2.05 bits per heavy atom. The molecular formula is C16H22ClFO. The highest BCUT2D eigenvalue weighted by molar-refractivity contribution is 6.30. The monoisotopic (exact) mass is 284 g/mol. The molecule has 1 nitrogen and oxygen atoms in total. The van der Waals surface area contributed by atoms with Crippen LogP contribution in [0.25, 0.3) is 0 Å². The summed E-state index contributed by atoms with van der Waals surface area (Å²) in [5.41, 5.74) is 0.286. The molecule has 0 saturated heterocycles. The molecule has 0 unspecified atom stereocenters. The van der Waals surface area contributed by atoms with Gasteiger partial charge < -0.3 is 5.11 Å². The van der Waals surface area contributed by atoms with E-state index in [1.807, 2.05) is 0 Å². The summed E-state index contributed by atoms with van der Waals surface area (Å²) in [5.74, 6) is 0.367. The van der Waals surface area contributed by atoms with Gasteiger partial charge in [0.05, 0.1) is 10.6 Å². The lowest BCUT2D eigenvalue weighted by atomic mass is 9.75. The molecule has 0 radical (unpaired) electrons. The van der Waals surface area contributed by atoms with Gasteiger partial charge in [0.2, 0.25) is 0 Å². The topological polar surface area (TPSA) is 20.2 Å². The van der Waals surface area contributed by atoms with Gasteiger partial charge in [0.1, 0.15) is 5.82 Å². The third-order valence-electron chi connectivity index (χ3n) is 4.25. The molecule has 0 heterocycles. The third-order valence-corrected chi connectivity index (χ3v) is 4.54. The van der Waals surface area contributed by atoms with Gasteiger partial charge in [-0.1, -0.05) is 37.4 Å². The Bertz CT molecular complexity index is 425. The first-order valence-corrected chi connectivity index (χ1v) is 7.56. The maximum absolute atomic E-state index is 13.1. The quantitative estimate of drug-likeness (QED) is 0.846. The lowest BCUT2D eigenvalue weighted by Crippen LogP contribution is -2.36. The summed E-state index contributed by atoms with van der Waals surface area (Å²) < 4.78 is 13.1. The summed E-state index contributed by atoms with van der Waals surface area (Å²) in [4.78, 5) is 0. The smallest absolute Gasteiger partial charge is 0.141 e. The van der Waals surface area contributed by atoms with Crippen molar-refractivity contribution in [2.24, 2.45) is 5.92 Å². The van der Waals surface area contributed by atoms with Crippen molar-refractivity contribution < 1.29 is 9.50 Å². The molecule has 1 aliphatic carbocycles. The fraction of sp³-hybridized carbons (Fsp3) is 0.625. The van der Waals surface area contributed by atoms with Crippen LogP contribution in [-0.4, -0.2) is 10.7 Å². The van der Waals surface area contributed by atoms with Crippen molar-refractivity contribution in [2.75, 3.05) is 0 Å². The van der Waals surface area contributed by atoms with E-state index >= 15 is 0 Å². The van der Waals surface area contributed by atoms with E-state index in [1.165, 1.54) is 18.9 Å². The van der Waals surface area contributed by atoms with Crippen LogP contribution in [0.4, 0.5) is 4.39 Å². The molecule has 1 aromatic rings. The second-order valence-electron chi connectivity index (χ2n) is 5.88. The normalized spacial score (nSPS) is 27.5. The number of hydrogen-bond donors (Lipinski definition) is 1. The van der Waals surface area contributed by atoms with Crippen LogP contribution in [0.1, 0.15) is 51.0 Å². The average molecular weight is 285 g/mol. The molecule has 1 fully saturated rings. The molecule has 0 amide bonds. The minimum absolute atomic E-state index is 0.140. The summed E-state index contributed by atoms with van der Waals surface area (Å²) in [6.07, 6.45) is 6.93. The first-order chi connectivity index (χ1) is 9.02. The van der Waals surface area contributed by atoms with Crippen LogP contribution >= 0.6 is 11.6 Å². The van der Waals surface area contributed by atoms with Crippen molar-refractivity contribution in [1.82, 2.24) is 0 Å². The maximum atomic E-state index is 13.1. The summed E-state index contributed by atoms with van der Waals surface area (Å²) in [5, 5.41) is 10.8. The predicted molar refractivity (Wildman–Crippen MR) is 76.9 cm³/mol. The Morgan fingerprint density at radius 1 is 1.37 bits per heavy atom. The van der Waals surface area contributed by atoms with Gasteiger partial charge in [0, 0.05) is 6.42 Å². The van der Waals surface area contributed by atoms with Gasteiger partial charge in [0.15, 0.2) is 0 Å². The zero-order valence-electron chi connectivity index (χ0n) is 11.5. The average Bonchev–Trinajstić information content (AvgIpc) is 2.37. The zero-order valence-corrected chi connectivity index (χ0v) is 12.2. The van der Waals surface area contributed by atoms with Crippen LogP contribution in [0.5, 0.6) is 0 Å². The van der Waals surface area contributed by atoms with E-state index in [0.717, 1.165) is 37.2 Å². The van der Waals surface area contributed by atoms with Gasteiger partial charge in [0.25, 0.3) is 0 Å². The lowest BCUT2D eigenvalue weighted by Gasteiger charge is -2.36. The van der Waals surface area contributed by atoms with Crippen molar-refractivity contribution in [3.63, 3.8) is 0 Å². The Morgan fingerprint density at radius 3 is 2.63 bits per heavy atom. The second-order valence-corrected chi connectivity index (χ2v) is 6.29. The molecule has 1 aromatic carbocycles. The molecule has 1 N–H and O–H groups in total. The predicted octanol–water partition coefficient (Wildman–Crippen LogP) is 4.74. The van der Waals surface area contributed by atoms with Crippen molar-refractivity contribution >= 4 is 11.6 Å². The van der Waals surface area contributed by atoms with Gasteiger partial charge in [-0.25, -0.2) is 4.39 Å². The number of halogens is 2. The van der Waals surface area contributed by atoms with Gasteiger partial charge in [-0.3, -0.25) is 0 Å². The number of rotatable bonds is 4. The van der Waals surface area contributed by atoms with E-state index < -0.39 is 11.4 Å². The highest BCUT2D eigenvalue weighted by Gasteiger charge is 2.32. The van der Waals surface area contributed by atoms with Crippen LogP contribution in [0, 0.1) is 11.7 Å². The number of aliphatic hydroxyl groups is 1. The van der Waals surface area contributed by atoms with E-state index in [-0.39, 0.29) is 5.02 Å². The van der Waals surface area contributed by atoms with Gasteiger partial charge in [-0.15, -0.1) is 0 Å². The van der Waals surface area contributed by atoms with E-state index in [9.17, 15) is 9.50 Å². The fourth-order valence-electron chi connectivity index (χ4n) is 3.12. The molecule has 3 heteroatoms. The van der Waals surface area contributed by atoms with Crippen LogP contribution in [0.3, 0.4) is 0 Å². The SMILES string of the molecule is CCCC1CCC(O)(Cc2ccc(F)c(Cl)c2)CC1. The van der Waals surface area contributed by atoms with E-state index in [4.69, 9.17) is 11.6 Å². The molecule has 0 spiro atoms. The van der Waals surface area contributed by atoms with Crippen molar-refractivity contribution in [1.29, 1.82) is 0 Å². The Labute approximate surface area is 119 Å². The van der Waals surface area contributed by atoms with Crippen LogP contribution in [0.2, 0.25) is 5.02 Å². The van der Waals surface area contributed by atoms with Crippen LogP contribution in [-0.2, 0) is 6.42 Å². The molecule has 1 saturated carbocycles. The molecule has 2 rings (SSSR count). The first-order valence-electron chi connectivity index (χ1n) is 7.19. The molecule has 0 aliphatic heterocycles. The fourth-order valence-corrected chi connectivity index (χ4v) is 3.32. The van der Waals surface area contributed by atoms with Gasteiger partial charge >= 0.3 is 0 Å². The van der Waals surface area contributed by atoms with Gasteiger partial charge in [-0.05, 0) is 49.3 Å². The van der Waals surface area contributed by atoms with Crippen molar-refractivity contribution in [3.8, 4) is 0 Å². The number of hydrogen-bond acceptors (Lipinski definition) is 1. The second kappa shape index (κ2) is 6.23. The van der Waals surface area contributed by atoms with Crippen molar-refractivity contribution in [2.45, 2.75) is 57.5 Å². The highest BCUT2D eigenvalue weighted by Crippen LogP contribution is 2.36. The van der Waals surface area contributed by atoms with Gasteiger partial charge in [-0.2, -0.15) is 0 Å². The third kappa shape index (κ3) is 3.93. The van der Waals surface area contributed by atoms with E-state index in [0.29, 0.717) is 6.42 Å². The largest absolute Gasteiger partial charge is 0.390 e. The maximum Gasteiger partial charge on any atom is 0.141 e. The lowest BCUT2D eigenvalue weighted by molar-refractivity contribution is -0.00988. The van der Waals surface area contributed by atoms with Crippen LogP contribution in [0.15, 0.2) is 18.2 Å². The zero-order chi connectivity index (χ0) is 13.9. The molecule has 0 bridgehead atoms. The number of benzene rings is 1. The van der Waals surface area contributed by atoms with E-state index in [1.54, 1.807) is 12.1 Å². The summed E-state index contributed by atoms with van der Waals surface area (Å²) in [6.45, 7) is 2.21.